The fourth-order valence-electron chi connectivity index (χ4n) is 3.71. The molecule has 0 aromatic heterocycles. The normalized spacial score (nSPS) is 20.5. The maximum atomic E-state index is 6.12. The summed E-state index contributed by atoms with van der Waals surface area (Å²) in [6.07, 6.45) is 6.14. The van der Waals surface area contributed by atoms with Gasteiger partial charge < -0.3 is 20.9 Å². The van der Waals surface area contributed by atoms with Crippen LogP contribution in [0.4, 0.5) is 5.69 Å². The second-order valence-corrected chi connectivity index (χ2v) is 7.04. The van der Waals surface area contributed by atoms with Crippen LogP contribution in [0.15, 0.2) is 23.2 Å². The highest BCUT2D eigenvalue weighted by Crippen LogP contribution is 2.27. The Morgan fingerprint density at radius 2 is 2.00 bits per heavy atom. The zero-order valence-electron chi connectivity index (χ0n) is 14.9. The summed E-state index contributed by atoms with van der Waals surface area (Å²) < 4.78 is 0. The van der Waals surface area contributed by atoms with Crippen LogP contribution < -0.4 is 11.1 Å². The number of fused-ring (bicyclic) bond motifs is 1. The lowest BCUT2D eigenvalue weighted by Crippen LogP contribution is -2.32. The number of hydrogen-bond donors (Lipinski definition) is 2. The molecule has 132 valence electrons. The lowest BCUT2D eigenvalue weighted by Gasteiger charge is -2.20. The summed E-state index contributed by atoms with van der Waals surface area (Å²) in [5, 5.41) is 3.33. The number of nitrogens with zero attached hydrogens (tertiary/aromatic N) is 3. The molecule has 1 aliphatic heterocycles. The van der Waals surface area contributed by atoms with Crippen LogP contribution in [0.5, 0.6) is 0 Å². The fraction of sp³-hybridized carbons (Fsp3) is 0.632. The molecule has 1 aromatic rings. The first-order valence-electron chi connectivity index (χ1n) is 9.31. The Labute approximate surface area is 145 Å². The average molecular weight is 329 g/mol. The standard InChI is InChI=1S/C19H31N5/c1-23-11-5-12-24(15-14-23)13-10-21-19(20)22-18-9-4-7-16-6-2-3-8-17(16)18/h4,7,9H,2-3,5-6,8,10-15H2,1H3,(H3,20,21,22). The van der Waals surface area contributed by atoms with Gasteiger partial charge in [0.25, 0.3) is 0 Å². The fourth-order valence-corrected chi connectivity index (χ4v) is 3.71. The molecule has 1 heterocycles. The maximum absolute atomic E-state index is 6.12. The third-order valence-electron chi connectivity index (χ3n) is 5.17. The van der Waals surface area contributed by atoms with Gasteiger partial charge in [-0.05, 0) is 69.4 Å². The van der Waals surface area contributed by atoms with E-state index in [9.17, 15) is 0 Å². The number of aliphatic imine (C=N–C) groups is 1. The Bertz CT molecular complexity index is 569. The van der Waals surface area contributed by atoms with E-state index in [0.29, 0.717) is 5.96 Å². The molecule has 0 unspecified atom stereocenters. The molecule has 1 saturated heterocycles. The molecular weight excluding hydrogens is 298 g/mol. The van der Waals surface area contributed by atoms with Crippen molar-refractivity contribution in [3.05, 3.63) is 29.3 Å². The van der Waals surface area contributed by atoms with E-state index in [1.165, 1.54) is 49.9 Å². The van der Waals surface area contributed by atoms with Gasteiger partial charge in [-0.1, -0.05) is 12.1 Å². The Hall–Kier alpha value is -1.59. The van der Waals surface area contributed by atoms with Crippen LogP contribution in [-0.4, -0.2) is 62.1 Å². The van der Waals surface area contributed by atoms with Crippen molar-refractivity contribution in [3.63, 3.8) is 0 Å². The van der Waals surface area contributed by atoms with Crippen molar-refractivity contribution >= 4 is 11.6 Å². The van der Waals surface area contributed by atoms with E-state index < -0.39 is 0 Å². The molecule has 2 aliphatic rings. The number of anilines is 1. The van der Waals surface area contributed by atoms with Crippen molar-refractivity contribution in [1.82, 2.24) is 9.80 Å². The van der Waals surface area contributed by atoms with Crippen LogP contribution in [0.2, 0.25) is 0 Å². The summed E-state index contributed by atoms with van der Waals surface area (Å²) >= 11 is 0. The van der Waals surface area contributed by atoms with Gasteiger partial charge in [-0.25, -0.2) is 0 Å². The molecule has 0 amide bonds. The number of likely N-dealkylation sites (N-methyl/N-ethyl adjacent to an activating group) is 1. The highest BCUT2D eigenvalue weighted by Gasteiger charge is 2.13. The monoisotopic (exact) mass is 329 g/mol. The number of aryl methyl sites for hydroxylation is 1. The van der Waals surface area contributed by atoms with Gasteiger partial charge in [0.05, 0.1) is 6.54 Å². The summed E-state index contributed by atoms with van der Waals surface area (Å²) in [5.41, 5.74) is 10.2. The predicted molar refractivity (Wildman–Crippen MR) is 102 cm³/mol. The maximum Gasteiger partial charge on any atom is 0.193 e. The lowest BCUT2D eigenvalue weighted by atomic mass is 9.90. The van der Waals surface area contributed by atoms with E-state index in [2.05, 4.69) is 45.4 Å². The van der Waals surface area contributed by atoms with E-state index in [4.69, 9.17) is 5.73 Å². The zero-order valence-corrected chi connectivity index (χ0v) is 14.9. The quantitative estimate of drug-likeness (QED) is 0.655. The van der Waals surface area contributed by atoms with Gasteiger partial charge in [-0.15, -0.1) is 0 Å². The molecule has 0 bridgehead atoms. The molecule has 1 fully saturated rings. The van der Waals surface area contributed by atoms with E-state index in [1.807, 2.05) is 0 Å². The van der Waals surface area contributed by atoms with Gasteiger partial charge in [0.15, 0.2) is 5.96 Å². The molecule has 24 heavy (non-hydrogen) atoms. The summed E-state index contributed by atoms with van der Waals surface area (Å²) in [6, 6.07) is 6.48. The minimum absolute atomic E-state index is 0.543. The van der Waals surface area contributed by atoms with Crippen molar-refractivity contribution in [1.29, 1.82) is 0 Å². The first-order chi connectivity index (χ1) is 11.7. The second-order valence-electron chi connectivity index (χ2n) is 7.04. The van der Waals surface area contributed by atoms with Gasteiger partial charge >= 0.3 is 0 Å². The van der Waals surface area contributed by atoms with Crippen LogP contribution in [-0.2, 0) is 12.8 Å². The molecular formula is C19H31N5. The summed E-state index contributed by atoms with van der Waals surface area (Å²) in [7, 11) is 2.20. The third kappa shape index (κ3) is 4.71. The van der Waals surface area contributed by atoms with Gasteiger partial charge in [0, 0.05) is 25.3 Å². The predicted octanol–water partition coefficient (Wildman–Crippen LogP) is 1.93. The lowest BCUT2D eigenvalue weighted by molar-refractivity contribution is 0.283. The number of rotatable bonds is 4. The van der Waals surface area contributed by atoms with Crippen molar-refractivity contribution in [2.75, 3.05) is 51.6 Å². The Kier molecular flexibility index (Phi) is 6.10. The van der Waals surface area contributed by atoms with Gasteiger partial charge in [0.1, 0.15) is 0 Å². The summed E-state index contributed by atoms with van der Waals surface area (Å²) in [6.45, 7) is 6.39. The van der Waals surface area contributed by atoms with Crippen molar-refractivity contribution < 1.29 is 0 Å². The molecule has 0 radical (unpaired) electrons. The van der Waals surface area contributed by atoms with Crippen LogP contribution in [0.3, 0.4) is 0 Å². The minimum Gasteiger partial charge on any atom is -0.370 e. The van der Waals surface area contributed by atoms with Crippen LogP contribution >= 0.6 is 0 Å². The molecule has 1 aliphatic carbocycles. The largest absolute Gasteiger partial charge is 0.370 e. The minimum atomic E-state index is 0.543. The highest BCUT2D eigenvalue weighted by atomic mass is 15.2. The van der Waals surface area contributed by atoms with Crippen LogP contribution in [0, 0.1) is 0 Å². The van der Waals surface area contributed by atoms with Gasteiger partial charge in [0.2, 0.25) is 0 Å². The first kappa shape index (κ1) is 17.2. The molecule has 5 nitrogen and oxygen atoms in total. The summed E-state index contributed by atoms with van der Waals surface area (Å²) in [4.78, 5) is 9.43. The van der Waals surface area contributed by atoms with E-state index >= 15 is 0 Å². The Balaban J connectivity index is 1.51. The Morgan fingerprint density at radius 1 is 1.12 bits per heavy atom. The van der Waals surface area contributed by atoms with E-state index in [-0.39, 0.29) is 0 Å². The topological polar surface area (TPSA) is 56.9 Å². The van der Waals surface area contributed by atoms with Crippen molar-refractivity contribution in [2.24, 2.45) is 10.7 Å². The number of nitrogens with two attached hydrogens (primary N) is 1. The molecule has 0 saturated carbocycles. The molecule has 5 heteroatoms. The van der Waals surface area contributed by atoms with Crippen LogP contribution in [0.25, 0.3) is 0 Å². The van der Waals surface area contributed by atoms with E-state index in [1.54, 1.807) is 0 Å². The number of benzene rings is 1. The smallest absolute Gasteiger partial charge is 0.193 e. The number of hydrogen-bond acceptors (Lipinski definition) is 3. The van der Waals surface area contributed by atoms with Gasteiger partial charge in [-0.2, -0.15) is 0 Å². The van der Waals surface area contributed by atoms with Crippen molar-refractivity contribution in [3.8, 4) is 0 Å². The second kappa shape index (κ2) is 8.49. The third-order valence-corrected chi connectivity index (χ3v) is 5.17. The molecule has 0 atom stereocenters. The average Bonchev–Trinajstić information content (AvgIpc) is 2.80. The van der Waals surface area contributed by atoms with Gasteiger partial charge in [-0.3, -0.25) is 4.99 Å². The molecule has 1 aromatic carbocycles. The molecule has 3 N–H and O–H groups in total. The molecule has 0 spiro atoms. The van der Waals surface area contributed by atoms with Crippen LogP contribution in [0.1, 0.15) is 30.4 Å². The first-order valence-corrected chi connectivity index (χ1v) is 9.31. The van der Waals surface area contributed by atoms with Crippen molar-refractivity contribution in [2.45, 2.75) is 32.1 Å². The summed E-state index contributed by atoms with van der Waals surface area (Å²) in [5.74, 6) is 0.543. The number of guanidine groups is 1. The molecule has 3 rings (SSSR count). The zero-order chi connectivity index (χ0) is 16.8. The number of nitrogens with one attached hydrogen (secondary N) is 1. The Morgan fingerprint density at radius 3 is 2.92 bits per heavy atom. The van der Waals surface area contributed by atoms with E-state index in [0.717, 1.165) is 38.3 Å². The highest BCUT2D eigenvalue weighted by molar-refractivity contribution is 5.93. The SMILES string of the molecule is CN1CCCN(CCN=C(N)Nc2cccc3c2CCCC3)CC1.